The molecule has 3 aromatic rings. The minimum atomic E-state index is -0.527. The van der Waals surface area contributed by atoms with Crippen LogP contribution in [-0.2, 0) is 11.2 Å². The Morgan fingerprint density at radius 1 is 1.16 bits per heavy atom. The number of hydrazone groups is 1. The minimum Gasteiger partial charge on any atom is -0.493 e. The fourth-order valence-corrected chi connectivity index (χ4v) is 3.04. The number of hydrogen-bond donors (Lipinski definition) is 1. The maximum absolute atomic E-state index is 12.1. The van der Waals surface area contributed by atoms with Gasteiger partial charge in [-0.05, 0) is 35.9 Å². The predicted octanol–water partition coefficient (Wildman–Crippen LogP) is 4.22. The molecule has 0 radical (unpaired) electrons. The molecular formula is C21H18ClN3O6. The Morgan fingerprint density at radius 3 is 2.61 bits per heavy atom. The molecule has 1 N–H and O–H groups in total. The number of nitro groups is 1. The normalized spacial score (nSPS) is 10.8. The molecule has 1 aromatic heterocycles. The van der Waals surface area contributed by atoms with Crippen molar-refractivity contribution in [2.45, 2.75) is 6.42 Å². The average Bonchev–Trinajstić information content (AvgIpc) is 3.22. The van der Waals surface area contributed by atoms with E-state index in [2.05, 4.69) is 10.5 Å². The van der Waals surface area contributed by atoms with E-state index >= 15 is 0 Å². The van der Waals surface area contributed by atoms with E-state index in [1.54, 1.807) is 30.3 Å². The van der Waals surface area contributed by atoms with E-state index in [-0.39, 0.29) is 23.0 Å². The van der Waals surface area contributed by atoms with Crippen molar-refractivity contribution in [2.75, 3.05) is 14.2 Å². The second-order valence-corrected chi connectivity index (χ2v) is 6.69. The molecule has 0 spiro atoms. The van der Waals surface area contributed by atoms with Crippen LogP contribution >= 0.6 is 11.6 Å². The van der Waals surface area contributed by atoms with E-state index < -0.39 is 4.92 Å². The van der Waals surface area contributed by atoms with Gasteiger partial charge in [0.25, 0.3) is 5.69 Å². The lowest BCUT2D eigenvalue weighted by molar-refractivity contribution is -0.384. The topological polar surface area (TPSA) is 116 Å². The molecule has 31 heavy (non-hydrogen) atoms. The van der Waals surface area contributed by atoms with Gasteiger partial charge in [0.05, 0.1) is 36.8 Å². The van der Waals surface area contributed by atoms with Gasteiger partial charge in [-0.2, -0.15) is 5.10 Å². The number of nitrogens with zero attached hydrogens (tertiary/aromatic N) is 2. The van der Waals surface area contributed by atoms with Crippen LogP contribution in [0.1, 0.15) is 11.3 Å². The van der Waals surface area contributed by atoms with E-state index in [0.717, 1.165) is 5.56 Å². The highest BCUT2D eigenvalue weighted by Crippen LogP contribution is 2.32. The Kier molecular flexibility index (Phi) is 6.88. The van der Waals surface area contributed by atoms with E-state index in [9.17, 15) is 14.9 Å². The Labute approximate surface area is 182 Å². The molecule has 3 rings (SSSR count). The first-order valence-electron chi connectivity index (χ1n) is 8.98. The SMILES string of the molecule is COc1ccc(CC(=O)N/N=C/c2ccc(-c3ccc([N+](=O)[O-])cc3Cl)o2)cc1OC. The number of nitrogens with one attached hydrogen (secondary N) is 1. The zero-order valence-electron chi connectivity index (χ0n) is 16.6. The molecule has 160 valence electrons. The maximum Gasteiger partial charge on any atom is 0.270 e. The van der Waals surface area contributed by atoms with Crippen molar-refractivity contribution < 1.29 is 23.6 Å². The number of hydrogen-bond acceptors (Lipinski definition) is 7. The summed E-state index contributed by atoms with van der Waals surface area (Å²) in [4.78, 5) is 22.4. The first kappa shape index (κ1) is 21.8. The summed E-state index contributed by atoms with van der Waals surface area (Å²) in [5.41, 5.74) is 3.55. The number of benzene rings is 2. The van der Waals surface area contributed by atoms with E-state index in [0.29, 0.717) is 28.6 Å². The number of halogens is 1. The molecule has 10 heteroatoms. The third kappa shape index (κ3) is 5.40. The number of carbonyl (C=O) groups is 1. The molecule has 9 nitrogen and oxygen atoms in total. The lowest BCUT2D eigenvalue weighted by Crippen LogP contribution is -2.19. The van der Waals surface area contributed by atoms with Gasteiger partial charge in [-0.1, -0.05) is 17.7 Å². The highest BCUT2D eigenvalue weighted by Gasteiger charge is 2.13. The summed E-state index contributed by atoms with van der Waals surface area (Å²) in [6.45, 7) is 0. The Morgan fingerprint density at radius 2 is 1.94 bits per heavy atom. The van der Waals surface area contributed by atoms with Crippen molar-refractivity contribution in [1.82, 2.24) is 5.43 Å². The van der Waals surface area contributed by atoms with E-state index in [1.807, 2.05) is 0 Å². The van der Waals surface area contributed by atoms with Gasteiger partial charge in [-0.3, -0.25) is 14.9 Å². The number of furan rings is 1. The number of amides is 1. The first-order chi connectivity index (χ1) is 14.9. The van der Waals surface area contributed by atoms with Crippen LogP contribution in [0.2, 0.25) is 5.02 Å². The number of rotatable bonds is 8. The molecule has 0 saturated heterocycles. The summed E-state index contributed by atoms with van der Waals surface area (Å²) in [6, 6.07) is 12.6. The largest absolute Gasteiger partial charge is 0.493 e. The number of non-ortho nitro benzene ring substituents is 1. The fourth-order valence-electron chi connectivity index (χ4n) is 2.77. The molecule has 0 atom stereocenters. The minimum absolute atomic E-state index is 0.0967. The van der Waals surface area contributed by atoms with Gasteiger partial charge < -0.3 is 13.9 Å². The number of nitro benzene ring substituents is 1. The average molecular weight is 444 g/mol. The Bertz CT molecular complexity index is 1140. The maximum atomic E-state index is 12.1. The molecule has 0 saturated carbocycles. The quantitative estimate of drug-likeness (QED) is 0.316. The van der Waals surface area contributed by atoms with Crippen molar-refractivity contribution in [3.8, 4) is 22.8 Å². The van der Waals surface area contributed by atoms with Crippen molar-refractivity contribution >= 4 is 29.4 Å². The molecule has 1 heterocycles. The summed E-state index contributed by atoms with van der Waals surface area (Å²) in [5.74, 6) is 1.57. The van der Waals surface area contributed by atoms with Crippen LogP contribution in [0.15, 0.2) is 58.0 Å². The first-order valence-corrected chi connectivity index (χ1v) is 9.36. The molecule has 0 unspecified atom stereocenters. The highest BCUT2D eigenvalue weighted by atomic mass is 35.5. The molecule has 0 fully saturated rings. The van der Waals surface area contributed by atoms with Crippen LogP contribution in [0.5, 0.6) is 11.5 Å². The van der Waals surface area contributed by atoms with Gasteiger partial charge in [-0.25, -0.2) is 5.43 Å². The predicted molar refractivity (Wildman–Crippen MR) is 115 cm³/mol. The van der Waals surface area contributed by atoms with E-state index in [4.69, 9.17) is 25.5 Å². The molecular weight excluding hydrogens is 426 g/mol. The van der Waals surface area contributed by atoms with Gasteiger partial charge in [0.2, 0.25) is 5.91 Å². The third-order valence-electron chi connectivity index (χ3n) is 4.25. The monoisotopic (exact) mass is 443 g/mol. The van der Waals surface area contributed by atoms with Gasteiger partial charge in [-0.15, -0.1) is 0 Å². The van der Waals surface area contributed by atoms with Gasteiger partial charge in [0, 0.05) is 17.7 Å². The molecule has 0 aliphatic rings. The van der Waals surface area contributed by atoms with Crippen LogP contribution in [0, 0.1) is 10.1 Å². The summed E-state index contributed by atoms with van der Waals surface area (Å²) in [7, 11) is 3.06. The zero-order valence-corrected chi connectivity index (χ0v) is 17.4. The van der Waals surface area contributed by atoms with Gasteiger partial charge >= 0.3 is 0 Å². The zero-order chi connectivity index (χ0) is 22.4. The molecule has 1 amide bonds. The smallest absolute Gasteiger partial charge is 0.270 e. The third-order valence-corrected chi connectivity index (χ3v) is 4.56. The standard InChI is InChI=1S/C21H18ClN3O6/c1-29-19-7-3-13(9-20(19)30-2)10-21(26)24-23-12-15-5-8-18(31-15)16-6-4-14(25(27)28)11-17(16)22/h3-9,11-12H,10H2,1-2H3,(H,24,26)/b23-12+. The van der Waals surface area contributed by atoms with Crippen LogP contribution in [-0.4, -0.2) is 31.3 Å². The molecule has 0 aliphatic carbocycles. The molecule has 0 aliphatic heterocycles. The molecule has 2 aromatic carbocycles. The van der Waals surface area contributed by atoms with Crippen LogP contribution in [0.25, 0.3) is 11.3 Å². The van der Waals surface area contributed by atoms with Crippen LogP contribution < -0.4 is 14.9 Å². The lowest BCUT2D eigenvalue weighted by Gasteiger charge is -2.09. The highest BCUT2D eigenvalue weighted by molar-refractivity contribution is 6.33. The Balaban J connectivity index is 1.61. The Hall–Kier alpha value is -3.85. The van der Waals surface area contributed by atoms with Crippen molar-refractivity contribution in [1.29, 1.82) is 0 Å². The van der Waals surface area contributed by atoms with Crippen molar-refractivity contribution in [3.63, 3.8) is 0 Å². The second kappa shape index (κ2) is 9.77. The summed E-state index contributed by atoms with van der Waals surface area (Å²) < 4.78 is 16.0. The van der Waals surface area contributed by atoms with E-state index in [1.165, 1.54) is 38.6 Å². The summed E-state index contributed by atoms with van der Waals surface area (Å²) >= 11 is 6.11. The number of methoxy groups -OCH3 is 2. The fraction of sp³-hybridized carbons (Fsp3) is 0.143. The summed E-state index contributed by atoms with van der Waals surface area (Å²) in [6.07, 6.45) is 1.44. The van der Waals surface area contributed by atoms with Crippen molar-refractivity contribution in [2.24, 2.45) is 5.10 Å². The number of ether oxygens (including phenoxy) is 2. The second-order valence-electron chi connectivity index (χ2n) is 6.28. The summed E-state index contributed by atoms with van der Waals surface area (Å²) in [5, 5.41) is 14.9. The van der Waals surface area contributed by atoms with Crippen molar-refractivity contribution in [3.05, 3.63) is 75.0 Å². The molecule has 0 bridgehead atoms. The van der Waals surface area contributed by atoms with Crippen LogP contribution in [0.3, 0.4) is 0 Å². The van der Waals surface area contributed by atoms with Gasteiger partial charge in [0.15, 0.2) is 11.5 Å². The van der Waals surface area contributed by atoms with Gasteiger partial charge in [0.1, 0.15) is 11.5 Å². The number of carbonyl (C=O) groups excluding carboxylic acids is 1. The lowest BCUT2D eigenvalue weighted by atomic mass is 10.1. The van der Waals surface area contributed by atoms with Crippen LogP contribution in [0.4, 0.5) is 5.69 Å².